The number of imidazole rings is 1. The van der Waals surface area contributed by atoms with Crippen molar-refractivity contribution in [1.29, 1.82) is 0 Å². The fourth-order valence-corrected chi connectivity index (χ4v) is 5.79. The summed E-state index contributed by atoms with van der Waals surface area (Å²) in [6, 6.07) is 22.7. The molecule has 0 bridgehead atoms. The number of methoxy groups -OCH3 is 2. The first-order valence-electron chi connectivity index (χ1n) is 12.3. The molecule has 8 nitrogen and oxygen atoms in total. The van der Waals surface area contributed by atoms with Gasteiger partial charge < -0.3 is 23.8 Å². The largest absolute Gasteiger partial charge is 0.497 e. The Morgan fingerprint density at radius 2 is 1.87 bits per heavy atom. The molecular formula is C29H27N5O3S. The number of hydrogen-bond acceptors (Lipinski definition) is 8. The van der Waals surface area contributed by atoms with Crippen LogP contribution in [0.15, 0.2) is 84.4 Å². The predicted octanol–water partition coefficient (Wildman–Crippen LogP) is 5.74. The number of fused-ring (bicyclic) bond motifs is 1. The molecule has 0 fully saturated rings. The summed E-state index contributed by atoms with van der Waals surface area (Å²) in [6.07, 6.45) is 3.69. The molecule has 5 aromatic rings. The number of aryl methyl sites for hydroxylation is 1. The van der Waals surface area contributed by atoms with Crippen LogP contribution in [-0.2, 0) is 11.4 Å². The van der Waals surface area contributed by atoms with Crippen LogP contribution in [-0.4, -0.2) is 46.1 Å². The molecular weight excluding hydrogens is 498 g/mol. The summed E-state index contributed by atoms with van der Waals surface area (Å²) < 4.78 is 14.2. The molecule has 192 valence electrons. The number of pyridine rings is 1. The van der Waals surface area contributed by atoms with E-state index in [-0.39, 0.29) is 6.04 Å². The maximum atomic E-state index is 5.83. The smallest absolute Gasteiger partial charge is 0.238 e. The Hall–Kier alpha value is -4.37. The van der Waals surface area contributed by atoms with Crippen molar-refractivity contribution in [2.45, 2.75) is 19.5 Å². The fourth-order valence-electron chi connectivity index (χ4n) is 4.63. The molecule has 0 amide bonds. The summed E-state index contributed by atoms with van der Waals surface area (Å²) in [5.74, 6) is 1.96. The molecule has 0 saturated heterocycles. The molecule has 4 heterocycles. The first-order chi connectivity index (χ1) is 18.6. The Labute approximate surface area is 224 Å². The highest BCUT2D eigenvalue weighted by atomic mass is 32.1. The molecule has 0 N–H and O–H groups in total. The predicted molar refractivity (Wildman–Crippen MR) is 148 cm³/mol. The van der Waals surface area contributed by atoms with Gasteiger partial charge >= 0.3 is 0 Å². The number of rotatable bonds is 7. The van der Waals surface area contributed by atoms with Crippen LogP contribution in [0.3, 0.4) is 0 Å². The standard InChI is InChI=1S/C29H27N5O3S/c1-19-15-33(18-30-19)24-13-12-23(31-29(24)36-3)28-32-37-17-25(27-14-21-6-4-5-7-26(21)38-27)34(28)16-20-8-10-22(35-2)11-9-20/h4-15,18,25H,16-17H2,1-3H3. The molecule has 1 aliphatic rings. The summed E-state index contributed by atoms with van der Waals surface area (Å²) in [4.78, 5) is 18.5. The zero-order chi connectivity index (χ0) is 26.1. The average molecular weight is 526 g/mol. The van der Waals surface area contributed by atoms with Crippen LogP contribution < -0.4 is 9.47 Å². The van der Waals surface area contributed by atoms with Gasteiger partial charge in [-0.2, -0.15) is 0 Å². The third kappa shape index (κ3) is 4.56. The van der Waals surface area contributed by atoms with Crippen LogP contribution in [0.2, 0.25) is 0 Å². The molecule has 2 aromatic carbocycles. The highest BCUT2D eigenvalue weighted by Gasteiger charge is 2.32. The van der Waals surface area contributed by atoms with Crippen molar-refractivity contribution in [1.82, 2.24) is 19.4 Å². The van der Waals surface area contributed by atoms with E-state index in [9.17, 15) is 0 Å². The summed E-state index contributed by atoms with van der Waals surface area (Å²) in [5, 5.41) is 5.73. The van der Waals surface area contributed by atoms with Gasteiger partial charge in [0.15, 0.2) is 5.84 Å². The SMILES string of the molecule is COc1ccc(CN2C(c3ccc(-n4cnc(C)c4)c(OC)n3)=NOCC2c2cc3ccccc3s2)cc1. The van der Waals surface area contributed by atoms with Crippen molar-refractivity contribution >= 4 is 27.3 Å². The van der Waals surface area contributed by atoms with E-state index in [4.69, 9.17) is 19.3 Å². The maximum Gasteiger partial charge on any atom is 0.238 e. The van der Waals surface area contributed by atoms with Crippen LogP contribution in [0, 0.1) is 6.92 Å². The van der Waals surface area contributed by atoms with E-state index in [0.29, 0.717) is 30.6 Å². The van der Waals surface area contributed by atoms with Gasteiger partial charge in [-0.3, -0.25) is 0 Å². The van der Waals surface area contributed by atoms with Crippen molar-refractivity contribution in [2.24, 2.45) is 5.16 Å². The molecule has 1 aliphatic heterocycles. The quantitative estimate of drug-likeness (QED) is 0.270. The number of aromatic nitrogens is 3. The van der Waals surface area contributed by atoms with Gasteiger partial charge in [-0.1, -0.05) is 35.5 Å². The molecule has 38 heavy (non-hydrogen) atoms. The summed E-state index contributed by atoms with van der Waals surface area (Å²) >= 11 is 1.78. The molecule has 0 aliphatic carbocycles. The molecule has 0 saturated carbocycles. The van der Waals surface area contributed by atoms with Gasteiger partial charge in [-0.25, -0.2) is 9.97 Å². The fraction of sp³-hybridized carbons (Fsp3) is 0.207. The number of benzene rings is 2. The van der Waals surface area contributed by atoms with E-state index in [2.05, 4.69) is 57.5 Å². The lowest BCUT2D eigenvalue weighted by atomic mass is 10.1. The topological polar surface area (TPSA) is 74.0 Å². The van der Waals surface area contributed by atoms with E-state index in [1.165, 1.54) is 15.0 Å². The zero-order valence-electron chi connectivity index (χ0n) is 21.4. The minimum atomic E-state index is -0.0363. The van der Waals surface area contributed by atoms with E-state index in [1.54, 1.807) is 31.9 Å². The number of ether oxygens (including phenoxy) is 2. The van der Waals surface area contributed by atoms with Crippen molar-refractivity contribution < 1.29 is 14.3 Å². The lowest BCUT2D eigenvalue weighted by Gasteiger charge is -2.35. The van der Waals surface area contributed by atoms with Gasteiger partial charge in [0.05, 0.1) is 26.2 Å². The van der Waals surface area contributed by atoms with Crippen LogP contribution in [0.1, 0.15) is 27.9 Å². The van der Waals surface area contributed by atoms with Crippen molar-refractivity contribution in [2.75, 3.05) is 20.8 Å². The van der Waals surface area contributed by atoms with Crippen LogP contribution in [0.4, 0.5) is 0 Å². The second kappa shape index (κ2) is 10.2. The van der Waals surface area contributed by atoms with Crippen LogP contribution >= 0.6 is 11.3 Å². The third-order valence-electron chi connectivity index (χ3n) is 6.57. The Morgan fingerprint density at radius 1 is 1.03 bits per heavy atom. The summed E-state index contributed by atoms with van der Waals surface area (Å²) in [6.45, 7) is 3.01. The average Bonchev–Trinajstić information content (AvgIpc) is 3.59. The second-order valence-corrected chi connectivity index (χ2v) is 10.2. The molecule has 6 rings (SSSR count). The minimum absolute atomic E-state index is 0.0363. The first kappa shape index (κ1) is 24.0. The summed E-state index contributed by atoms with van der Waals surface area (Å²) in [5.41, 5.74) is 3.51. The highest BCUT2D eigenvalue weighted by molar-refractivity contribution is 7.19. The normalized spacial score (nSPS) is 15.3. The number of hydrogen-bond donors (Lipinski definition) is 0. The lowest BCUT2D eigenvalue weighted by Crippen LogP contribution is -2.40. The van der Waals surface area contributed by atoms with Crippen LogP contribution in [0.5, 0.6) is 11.6 Å². The van der Waals surface area contributed by atoms with E-state index >= 15 is 0 Å². The maximum absolute atomic E-state index is 5.83. The Kier molecular flexibility index (Phi) is 6.43. The number of nitrogens with zero attached hydrogens (tertiary/aromatic N) is 5. The minimum Gasteiger partial charge on any atom is -0.497 e. The van der Waals surface area contributed by atoms with Gasteiger partial charge in [0.2, 0.25) is 5.88 Å². The number of thiophene rings is 1. The molecule has 3 aromatic heterocycles. The van der Waals surface area contributed by atoms with E-state index < -0.39 is 0 Å². The van der Waals surface area contributed by atoms with Gasteiger partial charge in [0.25, 0.3) is 0 Å². The third-order valence-corrected chi connectivity index (χ3v) is 7.79. The molecule has 0 radical (unpaired) electrons. The lowest BCUT2D eigenvalue weighted by molar-refractivity contribution is 0.0594. The van der Waals surface area contributed by atoms with E-state index in [1.807, 2.05) is 42.0 Å². The van der Waals surface area contributed by atoms with Gasteiger partial charge in [0, 0.05) is 22.3 Å². The van der Waals surface area contributed by atoms with Crippen LogP contribution in [0.25, 0.3) is 15.8 Å². The molecule has 9 heteroatoms. The van der Waals surface area contributed by atoms with Gasteiger partial charge in [-0.05, 0) is 54.3 Å². The highest BCUT2D eigenvalue weighted by Crippen LogP contribution is 2.36. The Balaban J connectivity index is 1.41. The Bertz CT molecular complexity index is 1580. The summed E-state index contributed by atoms with van der Waals surface area (Å²) in [7, 11) is 3.29. The van der Waals surface area contributed by atoms with E-state index in [0.717, 1.165) is 22.7 Å². The second-order valence-electron chi connectivity index (χ2n) is 9.04. The number of amidine groups is 1. The van der Waals surface area contributed by atoms with Gasteiger partial charge in [-0.15, -0.1) is 11.3 Å². The Morgan fingerprint density at radius 3 is 2.61 bits per heavy atom. The molecule has 1 atom stereocenters. The number of oxime groups is 1. The molecule has 0 spiro atoms. The zero-order valence-corrected chi connectivity index (χ0v) is 22.2. The first-order valence-corrected chi connectivity index (χ1v) is 13.1. The van der Waals surface area contributed by atoms with Crippen molar-refractivity contribution in [3.63, 3.8) is 0 Å². The monoisotopic (exact) mass is 525 g/mol. The van der Waals surface area contributed by atoms with Gasteiger partial charge in [0.1, 0.15) is 29.8 Å². The molecule has 1 unspecified atom stereocenters. The van der Waals surface area contributed by atoms with Crippen molar-refractivity contribution in [3.8, 4) is 17.3 Å². The van der Waals surface area contributed by atoms with Crippen molar-refractivity contribution in [3.05, 3.63) is 101 Å².